The van der Waals surface area contributed by atoms with Gasteiger partial charge in [0.15, 0.2) is 0 Å². The van der Waals surface area contributed by atoms with E-state index in [1.807, 2.05) is 50.4 Å². The molecule has 20 heavy (non-hydrogen) atoms. The van der Waals surface area contributed by atoms with Crippen molar-refractivity contribution < 1.29 is 4.74 Å². The van der Waals surface area contributed by atoms with E-state index in [0.717, 1.165) is 33.0 Å². The molecule has 0 aliphatic rings. The number of para-hydroxylation sites is 1. The summed E-state index contributed by atoms with van der Waals surface area (Å²) in [5, 5.41) is 3.21. The van der Waals surface area contributed by atoms with Gasteiger partial charge in [-0.3, -0.25) is 0 Å². The van der Waals surface area contributed by atoms with Crippen LogP contribution >= 0.6 is 12.6 Å². The van der Waals surface area contributed by atoms with Crippen LogP contribution in [-0.2, 0) is 6.61 Å². The van der Waals surface area contributed by atoms with E-state index in [-0.39, 0.29) is 0 Å². The molecule has 0 fully saturated rings. The fourth-order valence-corrected chi connectivity index (χ4v) is 2.43. The van der Waals surface area contributed by atoms with Gasteiger partial charge in [-0.2, -0.15) is 0 Å². The van der Waals surface area contributed by atoms with Gasteiger partial charge in [0.1, 0.15) is 12.4 Å². The SMILES string of the molecule is C=Cc1cccc(COc2ccc(S)cc2C)c1NC. The fraction of sp³-hybridized carbons (Fsp3) is 0.176. The zero-order valence-corrected chi connectivity index (χ0v) is 12.7. The van der Waals surface area contributed by atoms with Gasteiger partial charge in [0, 0.05) is 23.2 Å². The quantitative estimate of drug-likeness (QED) is 0.787. The number of aryl methyl sites for hydroxylation is 1. The van der Waals surface area contributed by atoms with E-state index in [2.05, 4.69) is 30.6 Å². The normalized spacial score (nSPS) is 10.2. The number of benzene rings is 2. The summed E-state index contributed by atoms with van der Waals surface area (Å²) in [5.74, 6) is 0.883. The Hall–Kier alpha value is -1.87. The van der Waals surface area contributed by atoms with E-state index < -0.39 is 0 Å². The van der Waals surface area contributed by atoms with Crippen LogP contribution in [0.4, 0.5) is 5.69 Å². The van der Waals surface area contributed by atoms with Gasteiger partial charge in [0.05, 0.1) is 0 Å². The summed E-state index contributed by atoms with van der Waals surface area (Å²) < 4.78 is 5.91. The first-order valence-corrected chi connectivity index (χ1v) is 6.95. The van der Waals surface area contributed by atoms with Crippen LogP contribution in [0.3, 0.4) is 0 Å². The summed E-state index contributed by atoms with van der Waals surface area (Å²) in [4.78, 5) is 0.944. The van der Waals surface area contributed by atoms with Crippen molar-refractivity contribution in [3.05, 3.63) is 59.7 Å². The van der Waals surface area contributed by atoms with Gasteiger partial charge in [-0.05, 0) is 36.2 Å². The largest absolute Gasteiger partial charge is 0.489 e. The molecular weight excluding hydrogens is 266 g/mol. The zero-order chi connectivity index (χ0) is 14.5. The molecule has 0 saturated heterocycles. The van der Waals surface area contributed by atoms with Crippen LogP contribution in [0.5, 0.6) is 5.75 Å². The summed E-state index contributed by atoms with van der Waals surface area (Å²) in [5.41, 5.74) is 4.34. The van der Waals surface area contributed by atoms with Gasteiger partial charge < -0.3 is 10.1 Å². The van der Waals surface area contributed by atoms with Crippen LogP contribution < -0.4 is 10.1 Å². The van der Waals surface area contributed by atoms with Crippen LogP contribution in [0.2, 0.25) is 0 Å². The molecule has 0 heterocycles. The van der Waals surface area contributed by atoms with E-state index in [9.17, 15) is 0 Å². The third-order valence-electron chi connectivity index (χ3n) is 3.19. The topological polar surface area (TPSA) is 21.3 Å². The Labute approximate surface area is 125 Å². The third kappa shape index (κ3) is 3.17. The molecule has 2 aromatic rings. The standard InChI is InChI=1S/C17H19NOS/c1-4-13-6-5-7-14(17(13)18-3)11-19-16-9-8-15(20)10-12(16)2/h4-10,18,20H,1,11H2,2-3H3. The predicted molar refractivity (Wildman–Crippen MR) is 88.8 cm³/mol. The molecule has 0 aliphatic carbocycles. The summed E-state index contributed by atoms with van der Waals surface area (Å²) in [6, 6.07) is 12.0. The van der Waals surface area contributed by atoms with Gasteiger partial charge in [-0.15, -0.1) is 12.6 Å². The monoisotopic (exact) mass is 285 g/mol. The van der Waals surface area contributed by atoms with E-state index in [4.69, 9.17) is 4.74 Å². The summed E-state index contributed by atoms with van der Waals surface area (Å²) in [6.45, 7) is 6.37. The first-order valence-electron chi connectivity index (χ1n) is 6.50. The Morgan fingerprint density at radius 2 is 2.10 bits per heavy atom. The maximum Gasteiger partial charge on any atom is 0.122 e. The number of hydrogen-bond donors (Lipinski definition) is 2. The lowest BCUT2D eigenvalue weighted by atomic mass is 10.1. The Bertz CT molecular complexity index is 622. The van der Waals surface area contributed by atoms with Crippen molar-refractivity contribution in [3.63, 3.8) is 0 Å². The molecule has 0 radical (unpaired) electrons. The average molecular weight is 285 g/mol. The van der Waals surface area contributed by atoms with Gasteiger partial charge in [-0.1, -0.05) is 30.9 Å². The minimum Gasteiger partial charge on any atom is -0.489 e. The number of hydrogen-bond acceptors (Lipinski definition) is 3. The van der Waals surface area contributed by atoms with Crippen molar-refractivity contribution in [3.8, 4) is 5.75 Å². The molecular formula is C17H19NOS. The molecule has 0 atom stereocenters. The lowest BCUT2D eigenvalue weighted by Gasteiger charge is -2.14. The first-order chi connectivity index (χ1) is 9.65. The molecule has 0 spiro atoms. The minimum atomic E-state index is 0.518. The molecule has 1 N–H and O–H groups in total. The molecule has 0 unspecified atom stereocenters. The van der Waals surface area contributed by atoms with Crippen LogP contribution in [0.15, 0.2) is 47.9 Å². The highest BCUT2D eigenvalue weighted by Gasteiger charge is 2.06. The molecule has 2 aromatic carbocycles. The van der Waals surface area contributed by atoms with Crippen molar-refractivity contribution in [2.45, 2.75) is 18.4 Å². The van der Waals surface area contributed by atoms with Crippen molar-refractivity contribution in [1.29, 1.82) is 0 Å². The van der Waals surface area contributed by atoms with Crippen molar-refractivity contribution in [2.24, 2.45) is 0 Å². The molecule has 104 valence electrons. The number of nitrogens with one attached hydrogen (secondary N) is 1. The Morgan fingerprint density at radius 1 is 1.30 bits per heavy atom. The molecule has 0 amide bonds. The summed E-state index contributed by atoms with van der Waals surface area (Å²) >= 11 is 4.32. The number of anilines is 1. The maximum absolute atomic E-state index is 5.91. The number of rotatable bonds is 5. The van der Waals surface area contributed by atoms with E-state index >= 15 is 0 Å². The molecule has 2 nitrogen and oxygen atoms in total. The highest BCUT2D eigenvalue weighted by Crippen LogP contribution is 2.26. The van der Waals surface area contributed by atoms with Crippen LogP contribution in [0.1, 0.15) is 16.7 Å². The first kappa shape index (κ1) is 14.5. The van der Waals surface area contributed by atoms with Gasteiger partial charge in [0.25, 0.3) is 0 Å². The van der Waals surface area contributed by atoms with Crippen molar-refractivity contribution in [2.75, 3.05) is 12.4 Å². The Morgan fingerprint density at radius 3 is 2.75 bits per heavy atom. The number of thiol groups is 1. The molecule has 3 heteroatoms. The molecule has 2 rings (SSSR count). The molecule has 0 bridgehead atoms. The second-order valence-corrected chi connectivity index (χ2v) is 5.09. The maximum atomic E-state index is 5.91. The van der Waals surface area contributed by atoms with E-state index in [0.29, 0.717) is 6.61 Å². The fourth-order valence-electron chi connectivity index (χ4n) is 2.17. The van der Waals surface area contributed by atoms with Crippen LogP contribution in [0, 0.1) is 6.92 Å². The summed E-state index contributed by atoms with van der Waals surface area (Å²) in [7, 11) is 1.91. The van der Waals surface area contributed by atoms with E-state index in [1.165, 1.54) is 0 Å². The molecule has 0 saturated carbocycles. The third-order valence-corrected chi connectivity index (χ3v) is 3.47. The Balaban J connectivity index is 2.20. The highest BCUT2D eigenvalue weighted by atomic mass is 32.1. The van der Waals surface area contributed by atoms with Gasteiger partial charge in [0.2, 0.25) is 0 Å². The Kier molecular flexibility index (Phi) is 4.74. The lowest BCUT2D eigenvalue weighted by Crippen LogP contribution is -2.03. The zero-order valence-electron chi connectivity index (χ0n) is 11.8. The van der Waals surface area contributed by atoms with Crippen LogP contribution in [-0.4, -0.2) is 7.05 Å². The second-order valence-electron chi connectivity index (χ2n) is 4.57. The van der Waals surface area contributed by atoms with E-state index in [1.54, 1.807) is 0 Å². The van der Waals surface area contributed by atoms with Crippen molar-refractivity contribution >= 4 is 24.4 Å². The lowest BCUT2D eigenvalue weighted by molar-refractivity contribution is 0.304. The highest BCUT2D eigenvalue weighted by molar-refractivity contribution is 7.80. The van der Waals surface area contributed by atoms with Gasteiger partial charge >= 0.3 is 0 Å². The summed E-state index contributed by atoms with van der Waals surface area (Å²) in [6.07, 6.45) is 1.84. The van der Waals surface area contributed by atoms with Crippen LogP contribution in [0.25, 0.3) is 6.08 Å². The van der Waals surface area contributed by atoms with Crippen molar-refractivity contribution in [1.82, 2.24) is 0 Å². The molecule has 0 aliphatic heterocycles. The number of ether oxygens (including phenoxy) is 1. The average Bonchev–Trinajstić information content (AvgIpc) is 2.45. The second kappa shape index (κ2) is 6.53. The van der Waals surface area contributed by atoms with Gasteiger partial charge in [-0.25, -0.2) is 0 Å². The predicted octanol–water partition coefficient (Wildman–Crippen LogP) is 4.55. The smallest absolute Gasteiger partial charge is 0.122 e. The minimum absolute atomic E-state index is 0.518. The molecule has 0 aromatic heterocycles.